The average molecular weight is 212 g/mol. The lowest BCUT2D eigenvalue weighted by atomic mass is 10.2. The predicted molar refractivity (Wildman–Crippen MR) is 59.2 cm³/mol. The van der Waals surface area contributed by atoms with Gasteiger partial charge in [0.05, 0.1) is 11.6 Å². The van der Waals surface area contributed by atoms with Gasteiger partial charge in [-0.1, -0.05) is 13.0 Å². The Balaban J connectivity index is 2.64. The van der Waals surface area contributed by atoms with Crippen molar-refractivity contribution in [3.63, 3.8) is 0 Å². The fourth-order valence-corrected chi connectivity index (χ4v) is 1.72. The summed E-state index contributed by atoms with van der Waals surface area (Å²) in [5.74, 6) is 0. The zero-order valence-corrected chi connectivity index (χ0v) is 9.29. The second kappa shape index (κ2) is 5.34. The fraction of sp³-hybridized carbons (Fsp3) is 0.500. The fourth-order valence-electron chi connectivity index (χ4n) is 0.974. The Bertz CT molecular complexity index is 274. The molecule has 1 rings (SSSR count). The lowest BCUT2D eigenvalue weighted by Gasteiger charge is -2.08. The van der Waals surface area contributed by atoms with E-state index in [0.29, 0.717) is 0 Å². The molecule has 0 fully saturated rings. The largest absolute Gasteiger partial charge is 0.395 e. The molecule has 3 N–H and O–H groups in total. The molecule has 0 radical (unpaired) electrons. The summed E-state index contributed by atoms with van der Waals surface area (Å²) in [5.41, 5.74) is 6.74. The minimum absolute atomic E-state index is 0.0248. The highest BCUT2D eigenvalue weighted by atomic mass is 32.2. The summed E-state index contributed by atoms with van der Waals surface area (Å²) in [6.07, 6.45) is 1.79. The van der Waals surface area contributed by atoms with Crippen LogP contribution in [0.2, 0.25) is 0 Å². The van der Waals surface area contributed by atoms with Crippen molar-refractivity contribution < 1.29 is 5.11 Å². The van der Waals surface area contributed by atoms with Gasteiger partial charge in [-0.15, -0.1) is 11.8 Å². The Morgan fingerprint density at radius 3 is 2.64 bits per heavy atom. The summed E-state index contributed by atoms with van der Waals surface area (Å²) < 4.78 is 0. The molecule has 1 aromatic rings. The van der Waals surface area contributed by atoms with Crippen LogP contribution in [0.15, 0.2) is 23.4 Å². The first-order valence-corrected chi connectivity index (χ1v) is 5.50. The van der Waals surface area contributed by atoms with Crippen molar-refractivity contribution in [3.8, 4) is 0 Å². The third-order valence-electron chi connectivity index (χ3n) is 1.86. The second-order valence-electron chi connectivity index (χ2n) is 3.33. The van der Waals surface area contributed by atoms with Crippen molar-refractivity contribution in [2.24, 2.45) is 5.73 Å². The van der Waals surface area contributed by atoms with Gasteiger partial charge in [0, 0.05) is 17.5 Å². The summed E-state index contributed by atoms with van der Waals surface area (Å²) in [6, 6.07) is 3.94. The molecule has 0 aliphatic carbocycles. The van der Waals surface area contributed by atoms with E-state index in [4.69, 9.17) is 10.8 Å². The van der Waals surface area contributed by atoms with Gasteiger partial charge in [-0.3, -0.25) is 0 Å². The molecule has 3 nitrogen and oxygen atoms in total. The molecule has 0 aliphatic rings. The molecule has 1 aromatic heterocycles. The van der Waals surface area contributed by atoms with E-state index < -0.39 is 0 Å². The second-order valence-corrected chi connectivity index (χ2v) is 4.79. The van der Waals surface area contributed by atoms with Crippen molar-refractivity contribution in [2.45, 2.75) is 30.2 Å². The van der Waals surface area contributed by atoms with Gasteiger partial charge in [0.1, 0.15) is 0 Å². The number of aromatic nitrogens is 1. The SMILES string of the molecule is CC(CO)Sc1ccc([C@H](C)N)cn1. The molecule has 2 atom stereocenters. The number of hydrogen-bond acceptors (Lipinski definition) is 4. The number of nitrogens with two attached hydrogens (primary N) is 1. The standard InChI is InChI=1S/C10H16N2OS/c1-7(6-13)14-10-4-3-9(5-12-10)8(2)11/h3-5,7-8,13H,6,11H2,1-2H3/t7?,8-/m0/s1. The van der Waals surface area contributed by atoms with E-state index in [1.165, 1.54) is 0 Å². The zero-order chi connectivity index (χ0) is 10.6. The van der Waals surface area contributed by atoms with Crippen molar-refractivity contribution in [1.82, 2.24) is 4.98 Å². The first-order valence-electron chi connectivity index (χ1n) is 4.62. The monoisotopic (exact) mass is 212 g/mol. The van der Waals surface area contributed by atoms with E-state index in [2.05, 4.69) is 4.98 Å². The smallest absolute Gasteiger partial charge is 0.0963 e. The van der Waals surface area contributed by atoms with Crippen LogP contribution >= 0.6 is 11.8 Å². The Kier molecular flexibility index (Phi) is 4.38. The first kappa shape index (κ1) is 11.5. The summed E-state index contributed by atoms with van der Waals surface area (Å²) in [5, 5.41) is 9.98. The molecule has 4 heteroatoms. The Hall–Kier alpha value is -0.580. The molecular weight excluding hydrogens is 196 g/mol. The van der Waals surface area contributed by atoms with Crippen molar-refractivity contribution in [3.05, 3.63) is 23.9 Å². The van der Waals surface area contributed by atoms with Gasteiger partial charge in [0.15, 0.2) is 0 Å². The van der Waals surface area contributed by atoms with Crippen LogP contribution < -0.4 is 5.73 Å². The molecule has 0 spiro atoms. The number of hydrogen-bond donors (Lipinski definition) is 2. The number of aliphatic hydroxyl groups excluding tert-OH is 1. The van der Waals surface area contributed by atoms with Crippen LogP contribution in [-0.4, -0.2) is 21.9 Å². The number of aliphatic hydroxyl groups is 1. The molecule has 0 aliphatic heterocycles. The maximum Gasteiger partial charge on any atom is 0.0963 e. The number of rotatable bonds is 4. The summed E-state index contributed by atoms with van der Waals surface area (Å²) >= 11 is 1.56. The Morgan fingerprint density at radius 1 is 1.50 bits per heavy atom. The van der Waals surface area contributed by atoms with Crippen molar-refractivity contribution >= 4 is 11.8 Å². The predicted octanol–water partition coefficient (Wildman–Crippen LogP) is 1.57. The number of nitrogens with zero attached hydrogens (tertiary/aromatic N) is 1. The van der Waals surface area contributed by atoms with E-state index in [0.717, 1.165) is 10.6 Å². The van der Waals surface area contributed by atoms with Gasteiger partial charge in [0.25, 0.3) is 0 Å². The third-order valence-corrected chi connectivity index (χ3v) is 2.90. The van der Waals surface area contributed by atoms with Gasteiger partial charge >= 0.3 is 0 Å². The first-order chi connectivity index (χ1) is 6.63. The molecule has 0 saturated heterocycles. The highest BCUT2D eigenvalue weighted by Crippen LogP contribution is 2.21. The number of pyridine rings is 1. The highest BCUT2D eigenvalue weighted by Gasteiger charge is 2.04. The van der Waals surface area contributed by atoms with Crippen LogP contribution in [0.1, 0.15) is 25.5 Å². The molecule has 1 unspecified atom stereocenters. The van der Waals surface area contributed by atoms with Crippen LogP contribution in [0.5, 0.6) is 0 Å². The lowest BCUT2D eigenvalue weighted by molar-refractivity contribution is 0.300. The van der Waals surface area contributed by atoms with Crippen LogP contribution in [-0.2, 0) is 0 Å². The maximum absolute atomic E-state index is 8.87. The topological polar surface area (TPSA) is 59.1 Å². The van der Waals surface area contributed by atoms with Crippen LogP contribution in [0.25, 0.3) is 0 Å². The van der Waals surface area contributed by atoms with Gasteiger partial charge < -0.3 is 10.8 Å². The normalized spacial score (nSPS) is 15.1. The number of thioether (sulfide) groups is 1. The van der Waals surface area contributed by atoms with Gasteiger partial charge in [0.2, 0.25) is 0 Å². The maximum atomic E-state index is 8.87. The molecular formula is C10H16N2OS. The molecule has 78 valence electrons. The van der Waals surface area contributed by atoms with Gasteiger partial charge in [-0.2, -0.15) is 0 Å². The Labute approximate surface area is 88.7 Å². The van der Waals surface area contributed by atoms with Gasteiger partial charge in [-0.05, 0) is 18.6 Å². The van der Waals surface area contributed by atoms with Crippen LogP contribution in [0, 0.1) is 0 Å². The zero-order valence-electron chi connectivity index (χ0n) is 8.47. The van der Waals surface area contributed by atoms with Crippen LogP contribution in [0.3, 0.4) is 0 Å². The van der Waals surface area contributed by atoms with E-state index in [1.54, 1.807) is 18.0 Å². The summed E-state index contributed by atoms with van der Waals surface area (Å²) in [6.45, 7) is 4.06. The van der Waals surface area contributed by atoms with E-state index in [9.17, 15) is 0 Å². The summed E-state index contributed by atoms with van der Waals surface area (Å²) in [4.78, 5) is 4.26. The quantitative estimate of drug-likeness (QED) is 0.744. The minimum Gasteiger partial charge on any atom is -0.395 e. The minimum atomic E-state index is 0.0248. The van der Waals surface area contributed by atoms with E-state index in [1.807, 2.05) is 26.0 Å². The Morgan fingerprint density at radius 2 is 2.21 bits per heavy atom. The molecule has 0 saturated carbocycles. The van der Waals surface area contributed by atoms with Crippen molar-refractivity contribution in [1.29, 1.82) is 0 Å². The molecule has 0 amide bonds. The van der Waals surface area contributed by atoms with E-state index in [-0.39, 0.29) is 17.9 Å². The average Bonchev–Trinajstić information content (AvgIpc) is 2.18. The van der Waals surface area contributed by atoms with Gasteiger partial charge in [-0.25, -0.2) is 4.98 Å². The lowest BCUT2D eigenvalue weighted by Crippen LogP contribution is -2.06. The summed E-state index contributed by atoms with van der Waals surface area (Å²) in [7, 11) is 0. The molecule has 1 heterocycles. The third kappa shape index (κ3) is 3.29. The van der Waals surface area contributed by atoms with Crippen molar-refractivity contribution in [2.75, 3.05) is 6.61 Å². The van der Waals surface area contributed by atoms with Crippen LogP contribution in [0.4, 0.5) is 0 Å². The van der Waals surface area contributed by atoms with E-state index >= 15 is 0 Å². The highest BCUT2D eigenvalue weighted by molar-refractivity contribution is 7.99. The molecule has 0 bridgehead atoms. The molecule has 0 aromatic carbocycles. The molecule has 14 heavy (non-hydrogen) atoms.